The molecule has 0 fully saturated rings. The molecule has 0 bridgehead atoms. The molecule has 0 amide bonds. The van der Waals surface area contributed by atoms with E-state index in [2.05, 4.69) is 104 Å². The number of hydrogen-bond donors (Lipinski definition) is 2. The Morgan fingerprint density at radius 2 is 1.39 bits per heavy atom. The van der Waals surface area contributed by atoms with Crippen LogP contribution in [-0.4, -0.2) is 19.6 Å². The monoisotopic (exact) mass is 378 g/mol. The molecule has 0 heterocycles. The smallest absolute Gasteiger partial charge is 0.0577 e. The van der Waals surface area contributed by atoms with Gasteiger partial charge in [-0.3, -0.25) is 0 Å². The maximum absolute atomic E-state index is 3.70. The minimum Gasteiger partial charge on any atom is -0.312 e. The molecule has 2 heteroatoms. The average molecular weight is 379 g/mol. The third kappa shape index (κ3) is 9.16. The van der Waals surface area contributed by atoms with E-state index in [1.807, 2.05) is 0 Å². The van der Waals surface area contributed by atoms with Crippen LogP contribution >= 0.6 is 0 Å². The highest BCUT2D eigenvalue weighted by Gasteiger charge is 2.12. The Hall–Kier alpha value is -2.16. The molecule has 2 N–H and O–H groups in total. The van der Waals surface area contributed by atoms with Gasteiger partial charge in [-0.25, -0.2) is 0 Å². The van der Waals surface area contributed by atoms with Crippen LogP contribution in [0, 0.1) is 0 Å². The topological polar surface area (TPSA) is 24.1 Å². The van der Waals surface area contributed by atoms with Crippen LogP contribution in [-0.2, 0) is 0 Å². The lowest BCUT2D eigenvalue weighted by Gasteiger charge is -2.20. The molecule has 0 aromatic heterocycles. The molecular formula is C26H38N2. The Morgan fingerprint density at radius 1 is 0.821 bits per heavy atom. The number of rotatable bonds is 11. The number of hydrogen-bond acceptors (Lipinski definition) is 2. The lowest BCUT2D eigenvalue weighted by atomic mass is 9.99. The minimum atomic E-state index is 0. The first-order valence-electron chi connectivity index (χ1n) is 10.00. The van der Waals surface area contributed by atoms with E-state index in [-0.39, 0.29) is 13.5 Å². The zero-order valence-electron chi connectivity index (χ0n) is 17.0. The summed E-state index contributed by atoms with van der Waals surface area (Å²) >= 11 is 0. The van der Waals surface area contributed by atoms with Crippen LogP contribution in [0.5, 0.6) is 0 Å². The lowest BCUT2D eigenvalue weighted by Crippen LogP contribution is -2.31. The molecule has 28 heavy (non-hydrogen) atoms. The second-order valence-corrected chi connectivity index (χ2v) is 7.28. The standard InChI is InChI=1S/C25H34N2.CH4/c1-21(2)11-10-12-22(3)17-18-26-19-20-27-25(23-13-6-4-7-14-23)24-15-8-5-9-16-24;/h4-9,11,13-17,25-27H,10,12,18-20H2,1-3H3;1H4/b22-17+;. The first-order valence-corrected chi connectivity index (χ1v) is 10.00. The fraction of sp³-hybridized carbons (Fsp3) is 0.385. The number of benzene rings is 2. The molecule has 2 nitrogen and oxygen atoms in total. The normalized spacial score (nSPS) is 11.2. The molecule has 0 aliphatic carbocycles. The van der Waals surface area contributed by atoms with Crippen LogP contribution in [0.4, 0.5) is 0 Å². The minimum absolute atomic E-state index is 0. The second kappa shape index (κ2) is 13.9. The highest BCUT2D eigenvalue weighted by Crippen LogP contribution is 2.21. The van der Waals surface area contributed by atoms with Gasteiger partial charge >= 0.3 is 0 Å². The Bertz CT molecular complexity index is 658. The predicted octanol–water partition coefficient (Wildman–Crippen LogP) is 6.28. The Kier molecular flexibility index (Phi) is 11.9. The summed E-state index contributed by atoms with van der Waals surface area (Å²) in [5.74, 6) is 0. The van der Waals surface area contributed by atoms with Crippen LogP contribution in [0.15, 0.2) is 84.0 Å². The molecule has 0 saturated heterocycles. The molecule has 2 aromatic rings. The molecule has 0 saturated carbocycles. The van der Waals surface area contributed by atoms with E-state index < -0.39 is 0 Å². The van der Waals surface area contributed by atoms with Gasteiger partial charge in [0.1, 0.15) is 0 Å². The summed E-state index contributed by atoms with van der Waals surface area (Å²) in [5, 5.41) is 7.22. The fourth-order valence-electron chi connectivity index (χ4n) is 3.06. The van der Waals surface area contributed by atoms with Crippen molar-refractivity contribution >= 4 is 0 Å². The first kappa shape index (κ1) is 23.9. The zero-order chi connectivity index (χ0) is 19.3. The van der Waals surface area contributed by atoms with Gasteiger partial charge in [-0.15, -0.1) is 0 Å². The molecule has 0 spiro atoms. The average Bonchev–Trinajstić information content (AvgIpc) is 2.68. The Labute approximate surface area is 172 Å². The van der Waals surface area contributed by atoms with E-state index in [1.54, 1.807) is 0 Å². The largest absolute Gasteiger partial charge is 0.312 e. The number of nitrogens with one attached hydrogen (secondary N) is 2. The van der Waals surface area contributed by atoms with Crippen LogP contribution in [0.2, 0.25) is 0 Å². The second-order valence-electron chi connectivity index (χ2n) is 7.28. The van der Waals surface area contributed by atoms with Crippen molar-refractivity contribution in [2.24, 2.45) is 0 Å². The van der Waals surface area contributed by atoms with Gasteiger partial charge < -0.3 is 10.6 Å². The molecule has 2 rings (SSSR count). The summed E-state index contributed by atoms with van der Waals surface area (Å²) in [4.78, 5) is 0. The highest BCUT2D eigenvalue weighted by atomic mass is 15.0. The SMILES string of the molecule is C.CC(C)=CCC/C(C)=C/CNCCNC(c1ccccc1)c1ccccc1. The molecule has 0 aliphatic rings. The van der Waals surface area contributed by atoms with Gasteiger partial charge in [0.25, 0.3) is 0 Å². The van der Waals surface area contributed by atoms with Crippen LogP contribution in [0.1, 0.15) is 58.2 Å². The van der Waals surface area contributed by atoms with Crippen molar-refractivity contribution < 1.29 is 0 Å². The van der Waals surface area contributed by atoms with Crippen LogP contribution < -0.4 is 10.6 Å². The van der Waals surface area contributed by atoms with E-state index in [1.165, 1.54) is 22.3 Å². The van der Waals surface area contributed by atoms with E-state index in [9.17, 15) is 0 Å². The molecule has 2 aromatic carbocycles. The van der Waals surface area contributed by atoms with Gasteiger partial charge in [-0.2, -0.15) is 0 Å². The van der Waals surface area contributed by atoms with Crippen molar-refractivity contribution in [3.8, 4) is 0 Å². The molecule has 0 unspecified atom stereocenters. The highest BCUT2D eigenvalue weighted by molar-refractivity contribution is 5.31. The maximum atomic E-state index is 3.70. The van der Waals surface area contributed by atoms with Gasteiger partial charge in [-0.05, 0) is 44.7 Å². The van der Waals surface area contributed by atoms with Crippen molar-refractivity contribution in [3.05, 3.63) is 95.1 Å². The molecular weight excluding hydrogens is 340 g/mol. The summed E-state index contributed by atoms with van der Waals surface area (Å²) in [7, 11) is 0. The zero-order valence-corrected chi connectivity index (χ0v) is 17.0. The summed E-state index contributed by atoms with van der Waals surface area (Å²) in [6.45, 7) is 9.35. The van der Waals surface area contributed by atoms with Crippen molar-refractivity contribution in [1.82, 2.24) is 10.6 Å². The number of allylic oxidation sites excluding steroid dienone is 3. The van der Waals surface area contributed by atoms with Gasteiger partial charge in [0.05, 0.1) is 6.04 Å². The van der Waals surface area contributed by atoms with Crippen molar-refractivity contribution in [2.75, 3.05) is 19.6 Å². The van der Waals surface area contributed by atoms with E-state index in [0.29, 0.717) is 0 Å². The molecule has 0 atom stereocenters. The third-order valence-corrected chi connectivity index (χ3v) is 4.60. The van der Waals surface area contributed by atoms with Gasteiger partial charge in [0.2, 0.25) is 0 Å². The molecule has 0 radical (unpaired) electrons. The van der Waals surface area contributed by atoms with E-state index in [4.69, 9.17) is 0 Å². The van der Waals surface area contributed by atoms with E-state index in [0.717, 1.165) is 32.5 Å². The fourth-order valence-corrected chi connectivity index (χ4v) is 3.06. The van der Waals surface area contributed by atoms with Crippen LogP contribution in [0.25, 0.3) is 0 Å². The Balaban J connectivity index is 0.00000392. The summed E-state index contributed by atoms with van der Waals surface area (Å²) in [6, 6.07) is 21.6. The molecule has 0 aliphatic heterocycles. The van der Waals surface area contributed by atoms with Gasteiger partial charge in [-0.1, -0.05) is 91.4 Å². The Morgan fingerprint density at radius 3 is 1.93 bits per heavy atom. The van der Waals surface area contributed by atoms with Crippen molar-refractivity contribution in [2.45, 2.75) is 47.1 Å². The van der Waals surface area contributed by atoms with Gasteiger partial charge in [0.15, 0.2) is 0 Å². The van der Waals surface area contributed by atoms with Crippen molar-refractivity contribution in [3.63, 3.8) is 0 Å². The lowest BCUT2D eigenvalue weighted by molar-refractivity contribution is 0.578. The summed E-state index contributed by atoms with van der Waals surface area (Å²) in [6.07, 6.45) is 6.91. The maximum Gasteiger partial charge on any atom is 0.0577 e. The quantitative estimate of drug-likeness (QED) is 0.355. The van der Waals surface area contributed by atoms with Crippen molar-refractivity contribution in [1.29, 1.82) is 0 Å². The summed E-state index contributed by atoms with van der Waals surface area (Å²) < 4.78 is 0. The summed E-state index contributed by atoms with van der Waals surface area (Å²) in [5.41, 5.74) is 5.47. The first-order chi connectivity index (χ1) is 13.2. The predicted molar refractivity (Wildman–Crippen MR) is 125 cm³/mol. The third-order valence-electron chi connectivity index (χ3n) is 4.60. The van der Waals surface area contributed by atoms with Gasteiger partial charge in [0, 0.05) is 19.6 Å². The van der Waals surface area contributed by atoms with E-state index >= 15 is 0 Å². The van der Waals surface area contributed by atoms with Crippen LogP contribution in [0.3, 0.4) is 0 Å². The molecule has 152 valence electrons.